The SMILES string of the molecule is CCOc1cc(C(N)=O)c(N)cc1Cl. The van der Waals surface area contributed by atoms with Gasteiger partial charge < -0.3 is 16.2 Å². The topological polar surface area (TPSA) is 78.3 Å². The molecular weight excluding hydrogens is 204 g/mol. The first-order chi connectivity index (χ1) is 6.56. The summed E-state index contributed by atoms with van der Waals surface area (Å²) >= 11 is 5.83. The number of hydrogen-bond donors (Lipinski definition) is 2. The first-order valence-corrected chi connectivity index (χ1v) is 4.45. The van der Waals surface area contributed by atoms with Crippen molar-refractivity contribution in [3.05, 3.63) is 22.7 Å². The molecule has 0 spiro atoms. The van der Waals surface area contributed by atoms with Gasteiger partial charge in [-0.05, 0) is 19.1 Å². The van der Waals surface area contributed by atoms with Crippen LogP contribution >= 0.6 is 11.6 Å². The maximum absolute atomic E-state index is 10.9. The summed E-state index contributed by atoms with van der Waals surface area (Å²) in [6.07, 6.45) is 0. The lowest BCUT2D eigenvalue weighted by Crippen LogP contribution is -2.13. The zero-order valence-electron chi connectivity index (χ0n) is 7.71. The third-order valence-corrected chi connectivity index (χ3v) is 1.96. The Hall–Kier alpha value is -1.42. The zero-order chi connectivity index (χ0) is 10.7. The predicted octanol–water partition coefficient (Wildman–Crippen LogP) is 1.42. The van der Waals surface area contributed by atoms with E-state index in [1.165, 1.54) is 12.1 Å². The predicted molar refractivity (Wildman–Crippen MR) is 55.6 cm³/mol. The number of carbonyl (C=O) groups is 1. The smallest absolute Gasteiger partial charge is 0.250 e. The Morgan fingerprint density at radius 2 is 2.21 bits per heavy atom. The van der Waals surface area contributed by atoms with Gasteiger partial charge in [-0.2, -0.15) is 0 Å². The molecule has 0 aliphatic carbocycles. The lowest BCUT2D eigenvalue weighted by Gasteiger charge is -2.08. The van der Waals surface area contributed by atoms with Crippen molar-refractivity contribution in [3.63, 3.8) is 0 Å². The van der Waals surface area contributed by atoms with Crippen LogP contribution in [0.4, 0.5) is 5.69 Å². The summed E-state index contributed by atoms with van der Waals surface area (Å²) in [7, 11) is 0. The molecule has 4 N–H and O–H groups in total. The molecule has 0 unspecified atom stereocenters. The third-order valence-electron chi connectivity index (χ3n) is 1.67. The first kappa shape index (κ1) is 10.7. The number of rotatable bonds is 3. The van der Waals surface area contributed by atoms with Crippen molar-refractivity contribution in [3.8, 4) is 5.75 Å². The van der Waals surface area contributed by atoms with Gasteiger partial charge in [0, 0.05) is 5.69 Å². The van der Waals surface area contributed by atoms with Crippen LogP contribution in [0.2, 0.25) is 5.02 Å². The molecule has 1 amide bonds. The summed E-state index contributed by atoms with van der Waals surface area (Å²) in [6, 6.07) is 2.90. The molecule has 5 heteroatoms. The van der Waals surface area contributed by atoms with Crippen LogP contribution in [0.1, 0.15) is 17.3 Å². The molecule has 0 heterocycles. The minimum absolute atomic E-state index is 0.220. The Kier molecular flexibility index (Phi) is 3.19. The Morgan fingerprint density at radius 3 is 2.71 bits per heavy atom. The molecule has 14 heavy (non-hydrogen) atoms. The summed E-state index contributed by atoms with van der Waals surface area (Å²) in [5.41, 5.74) is 11.1. The number of carbonyl (C=O) groups excluding carboxylic acids is 1. The average Bonchev–Trinajstić information content (AvgIpc) is 2.09. The number of nitrogen functional groups attached to an aromatic ring is 1. The highest BCUT2D eigenvalue weighted by Crippen LogP contribution is 2.29. The number of ether oxygens (including phenoxy) is 1. The molecular formula is C9H11ClN2O2. The van der Waals surface area contributed by atoms with Gasteiger partial charge in [0.1, 0.15) is 5.75 Å². The van der Waals surface area contributed by atoms with Gasteiger partial charge >= 0.3 is 0 Å². The van der Waals surface area contributed by atoms with Crippen LogP contribution in [-0.4, -0.2) is 12.5 Å². The van der Waals surface area contributed by atoms with Gasteiger partial charge in [-0.1, -0.05) is 11.6 Å². The second-order valence-corrected chi connectivity index (χ2v) is 3.07. The van der Waals surface area contributed by atoms with Crippen molar-refractivity contribution >= 4 is 23.2 Å². The average molecular weight is 215 g/mol. The Labute approximate surface area is 86.8 Å². The molecule has 0 atom stereocenters. The summed E-state index contributed by atoms with van der Waals surface area (Å²) < 4.78 is 5.19. The van der Waals surface area contributed by atoms with Crippen LogP contribution in [0.15, 0.2) is 12.1 Å². The van der Waals surface area contributed by atoms with Crippen molar-refractivity contribution in [2.75, 3.05) is 12.3 Å². The van der Waals surface area contributed by atoms with Crippen molar-refractivity contribution in [1.82, 2.24) is 0 Å². The van der Waals surface area contributed by atoms with E-state index in [1.54, 1.807) is 0 Å². The van der Waals surface area contributed by atoms with E-state index in [9.17, 15) is 4.79 Å². The minimum Gasteiger partial charge on any atom is -0.492 e. The Bertz CT molecular complexity index is 366. The molecule has 1 aromatic carbocycles. The van der Waals surface area contributed by atoms with Crippen molar-refractivity contribution in [1.29, 1.82) is 0 Å². The lowest BCUT2D eigenvalue weighted by molar-refractivity contribution is 0.100. The number of halogens is 1. The molecule has 0 saturated carbocycles. The molecule has 0 aliphatic heterocycles. The van der Waals surface area contributed by atoms with Crippen molar-refractivity contribution < 1.29 is 9.53 Å². The second kappa shape index (κ2) is 4.19. The molecule has 1 rings (SSSR count). The van der Waals surface area contributed by atoms with E-state index in [1.807, 2.05) is 6.92 Å². The van der Waals surface area contributed by atoms with E-state index in [-0.39, 0.29) is 11.3 Å². The van der Waals surface area contributed by atoms with Crippen LogP contribution in [0.5, 0.6) is 5.75 Å². The maximum atomic E-state index is 10.9. The molecule has 76 valence electrons. The van der Waals surface area contributed by atoms with Crippen LogP contribution in [0, 0.1) is 0 Å². The highest BCUT2D eigenvalue weighted by molar-refractivity contribution is 6.32. The Morgan fingerprint density at radius 1 is 1.57 bits per heavy atom. The van der Waals surface area contributed by atoms with E-state index in [4.69, 9.17) is 27.8 Å². The van der Waals surface area contributed by atoms with E-state index >= 15 is 0 Å². The molecule has 0 saturated heterocycles. The monoisotopic (exact) mass is 214 g/mol. The van der Waals surface area contributed by atoms with Crippen molar-refractivity contribution in [2.24, 2.45) is 5.73 Å². The maximum Gasteiger partial charge on any atom is 0.250 e. The number of anilines is 1. The standard InChI is InChI=1S/C9H11ClN2O2/c1-2-14-8-3-5(9(12)13)7(11)4-6(8)10/h3-4H,2,11H2,1H3,(H2,12,13). The third kappa shape index (κ3) is 2.09. The van der Waals surface area contributed by atoms with E-state index in [0.717, 1.165) is 0 Å². The summed E-state index contributed by atoms with van der Waals surface area (Å²) in [5.74, 6) is -0.183. The summed E-state index contributed by atoms with van der Waals surface area (Å²) in [5, 5.41) is 0.370. The van der Waals surface area contributed by atoms with Gasteiger partial charge in [0.05, 0.1) is 17.2 Å². The van der Waals surface area contributed by atoms with Gasteiger partial charge in [0.2, 0.25) is 0 Å². The molecule has 0 aromatic heterocycles. The molecule has 0 aliphatic rings. The van der Waals surface area contributed by atoms with Crippen molar-refractivity contribution in [2.45, 2.75) is 6.92 Å². The fourth-order valence-electron chi connectivity index (χ4n) is 1.05. The van der Waals surface area contributed by atoms with Crippen LogP contribution < -0.4 is 16.2 Å². The lowest BCUT2D eigenvalue weighted by atomic mass is 10.1. The van der Waals surface area contributed by atoms with Gasteiger partial charge in [-0.3, -0.25) is 4.79 Å². The molecule has 4 nitrogen and oxygen atoms in total. The number of nitrogens with two attached hydrogens (primary N) is 2. The summed E-state index contributed by atoms with van der Waals surface area (Å²) in [4.78, 5) is 10.9. The van der Waals surface area contributed by atoms with Crippen LogP contribution in [0.25, 0.3) is 0 Å². The highest BCUT2D eigenvalue weighted by Gasteiger charge is 2.11. The van der Waals surface area contributed by atoms with Gasteiger partial charge in [0.15, 0.2) is 0 Å². The van der Waals surface area contributed by atoms with Crippen LogP contribution in [0.3, 0.4) is 0 Å². The minimum atomic E-state index is -0.597. The quantitative estimate of drug-likeness (QED) is 0.747. The number of primary amides is 1. The normalized spacial score (nSPS) is 9.86. The van der Waals surface area contributed by atoms with E-state index in [0.29, 0.717) is 17.4 Å². The van der Waals surface area contributed by atoms with Crippen LogP contribution in [-0.2, 0) is 0 Å². The van der Waals surface area contributed by atoms with E-state index in [2.05, 4.69) is 0 Å². The Balaban J connectivity index is 3.20. The van der Waals surface area contributed by atoms with E-state index < -0.39 is 5.91 Å². The summed E-state index contributed by atoms with van der Waals surface area (Å²) in [6.45, 7) is 2.28. The second-order valence-electron chi connectivity index (χ2n) is 2.67. The zero-order valence-corrected chi connectivity index (χ0v) is 8.47. The fourth-order valence-corrected chi connectivity index (χ4v) is 1.27. The molecule has 0 fully saturated rings. The van der Waals surface area contributed by atoms with Gasteiger partial charge in [-0.25, -0.2) is 0 Å². The highest BCUT2D eigenvalue weighted by atomic mass is 35.5. The number of benzene rings is 1. The largest absolute Gasteiger partial charge is 0.492 e. The fraction of sp³-hybridized carbons (Fsp3) is 0.222. The first-order valence-electron chi connectivity index (χ1n) is 4.08. The molecule has 1 aromatic rings. The van der Waals surface area contributed by atoms with Gasteiger partial charge in [-0.15, -0.1) is 0 Å². The molecule has 0 bridgehead atoms. The molecule has 0 radical (unpaired) electrons. The number of amides is 1. The van der Waals surface area contributed by atoms with Gasteiger partial charge in [0.25, 0.3) is 5.91 Å². The number of hydrogen-bond acceptors (Lipinski definition) is 3.